The summed E-state index contributed by atoms with van der Waals surface area (Å²) in [6, 6.07) is 4.67. The Morgan fingerprint density at radius 2 is 1.78 bits per heavy atom. The first kappa shape index (κ1) is 19.2. The molecule has 0 saturated heterocycles. The maximum atomic E-state index is 10.6. The van der Waals surface area contributed by atoms with Gasteiger partial charge in [0.25, 0.3) is 0 Å². The van der Waals surface area contributed by atoms with E-state index in [1.54, 1.807) is 0 Å². The number of carboxylic acid groups (broad SMARTS) is 1. The van der Waals surface area contributed by atoms with E-state index < -0.39 is 6.16 Å². The Kier molecular flexibility index (Phi) is 4.66. The van der Waals surface area contributed by atoms with Crippen LogP contribution in [0.1, 0.15) is 75.5 Å². The fraction of sp³-hybridized carbons (Fsp3) is 0.455. The van der Waals surface area contributed by atoms with E-state index in [0.29, 0.717) is 5.82 Å². The Morgan fingerprint density at radius 3 is 2.37 bits per heavy atom. The van der Waals surface area contributed by atoms with Crippen LogP contribution < -0.4 is 4.74 Å². The summed E-state index contributed by atoms with van der Waals surface area (Å²) < 4.78 is 4.60. The van der Waals surface area contributed by atoms with Crippen molar-refractivity contribution in [3.05, 3.63) is 46.4 Å². The number of carbonyl (C=O) groups is 1. The number of imidazole rings is 1. The van der Waals surface area contributed by atoms with Gasteiger partial charge in [0.2, 0.25) is 5.88 Å². The molecule has 1 aromatic heterocycles. The molecule has 1 aliphatic rings. The number of fused-ring (bicyclic) bond motifs is 1. The molecule has 0 saturated carbocycles. The van der Waals surface area contributed by atoms with Gasteiger partial charge in [0.05, 0.1) is 6.20 Å². The molecule has 1 aliphatic carbocycles. The van der Waals surface area contributed by atoms with Gasteiger partial charge < -0.3 is 14.8 Å². The third-order valence-electron chi connectivity index (χ3n) is 5.75. The first-order valence-electron chi connectivity index (χ1n) is 9.30. The van der Waals surface area contributed by atoms with E-state index in [4.69, 9.17) is 5.11 Å². The predicted octanol–water partition coefficient (Wildman–Crippen LogP) is 5.68. The van der Waals surface area contributed by atoms with Crippen molar-refractivity contribution in [1.82, 2.24) is 9.97 Å². The second-order valence-electron chi connectivity index (χ2n) is 8.81. The van der Waals surface area contributed by atoms with Crippen LogP contribution in [0.15, 0.2) is 18.3 Å². The van der Waals surface area contributed by atoms with Crippen LogP contribution in [0.2, 0.25) is 0 Å². The van der Waals surface area contributed by atoms with Gasteiger partial charge in [0, 0.05) is 0 Å². The molecule has 0 spiro atoms. The van der Waals surface area contributed by atoms with Crippen LogP contribution in [0.5, 0.6) is 5.88 Å². The summed E-state index contributed by atoms with van der Waals surface area (Å²) in [7, 11) is 0. The van der Waals surface area contributed by atoms with Crippen LogP contribution in [0.3, 0.4) is 0 Å². The number of H-pyrrole nitrogens is 1. The number of hydrogen-bond acceptors (Lipinski definition) is 3. The summed E-state index contributed by atoms with van der Waals surface area (Å²) in [6.07, 6.45) is 4.30. The van der Waals surface area contributed by atoms with Gasteiger partial charge in [-0.1, -0.05) is 39.8 Å². The van der Waals surface area contributed by atoms with E-state index in [-0.39, 0.29) is 16.7 Å². The quantitative estimate of drug-likeness (QED) is 0.683. The van der Waals surface area contributed by atoms with Crippen LogP contribution in [-0.4, -0.2) is 21.2 Å². The van der Waals surface area contributed by atoms with Crippen molar-refractivity contribution in [1.29, 1.82) is 0 Å². The van der Waals surface area contributed by atoms with Gasteiger partial charge in [-0.05, 0) is 71.4 Å². The number of hydrogen-bond donors (Lipinski definition) is 2. The number of rotatable bonds is 3. The van der Waals surface area contributed by atoms with Crippen molar-refractivity contribution in [3.63, 3.8) is 0 Å². The fourth-order valence-corrected chi connectivity index (χ4v) is 3.97. The van der Waals surface area contributed by atoms with Crippen LogP contribution in [0.4, 0.5) is 4.79 Å². The number of benzene rings is 1. The fourth-order valence-electron chi connectivity index (χ4n) is 3.97. The Labute approximate surface area is 160 Å². The molecule has 0 amide bonds. The van der Waals surface area contributed by atoms with Gasteiger partial charge in [-0.15, -0.1) is 0 Å². The SMILES string of the molecule is C/C(=C\c1ncc(OC(=O)O)[nH]1)c1cc2c(cc1C)C(C)(C)CCC2(C)C. The van der Waals surface area contributed by atoms with E-state index in [1.807, 2.05) is 6.08 Å². The topological polar surface area (TPSA) is 75.2 Å². The normalized spacial score (nSPS) is 18.1. The van der Waals surface area contributed by atoms with E-state index >= 15 is 0 Å². The zero-order chi connectivity index (χ0) is 20.0. The first-order chi connectivity index (χ1) is 12.5. The van der Waals surface area contributed by atoms with Gasteiger partial charge in [-0.2, -0.15) is 0 Å². The lowest BCUT2D eigenvalue weighted by molar-refractivity contribution is 0.142. The Bertz CT molecular complexity index is 920. The van der Waals surface area contributed by atoms with Crippen molar-refractivity contribution in [2.75, 3.05) is 0 Å². The molecule has 1 aromatic carbocycles. The molecule has 144 valence electrons. The van der Waals surface area contributed by atoms with Gasteiger partial charge in [-0.3, -0.25) is 0 Å². The van der Waals surface area contributed by atoms with Crippen LogP contribution in [0, 0.1) is 6.92 Å². The maximum Gasteiger partial charge on any atom is 0.512 e. The average molecular weight is 368 g/mol. The molecule has 0 unspecified atom stereocenters. The Morgan fingerprint density at radius 1 is 1.19 bits per heavy atom. The molecule has 0 fully saturated rings. The number of nitrogens with zero attached hydrogens (tertiary/aromatic N) is 1. The highest BCUT2D eigenvalue weighted by Gasteiger charge is 2.37. The van der Waals surface area contributed by atoms with Crippen LogP contribution in [0.25, 0.3) is 11.6 Å². The lowest BCUT2D eigenvalue weighted by atomic mass is 9.62. The molecule has 3 rings (SSSR count). The Hall–Kier alpha value is -2.56. The summed E-state index contributed by atoms with van der Waals surface area (Å²) in [4.78, 5) is 17.7. The number of aromatic nitrogens is 2. The molecule has 0 bridgehead atoms. The van der Waals surface area contributed by atoms with Crippen molar-refractivity contribution >= 4 is 17.8 Å². The minimum atomic E-state index is -1.36. The minimum Gasteiger partial charge on any atom is -0.449 e. The summed E-state index contributed by atoms with van der Waals surface area (Å²) in [5, 5.41) is 8.69. The average Bonchev–Trinajstić information content (AvgIpc) is 2.97. The van der Waals surface area contributed by atoms with Crippen molar-refractivity contribution in [3.8, 4) is 5.88 Å². The Balaban J connectivity index is 2.02. The minimum absolute atomic E-state index is 0.117. The van der Waals surface area contributed by atoms with Gasteiger partial charge in [-0.25, -0.2) is 9.78 Å². The lowest BCUT2D eigenvalue weighted by Crippen LogP contribution is -2.34. The first-order valence-corrected chi connectivity index (χ1v) is 9.30. The molecule has 2 N–H and O–H groups in total. The summed E-state index contributed by atoms with van der Waals surface area (Å²) in [5.74, 6) is 0.687. The number of nitrogens with one attached hydrogen (secondary N) is 1. The third kappa shape index (κ3) is 3.77. The van der Waals surface area contributed by atoms with E-state index in [0.717, 1.165) is 5.57 Å². The molecular formula is C22H28N2O3. The number of ether oxygens (including phenoxy) is 1. The molecule has 1 heterocycles. The zero-order valence-electron chi connectivity index (χ0n) is 16.9. The largest absolute Gasteiger partial charge is 0.512 e. The smallest absolute Gasteiger partial charge is 0.449 e. The zero-order valence-corrected chi connectivity index (χ0v) is 16.9. The van der Waals surface area contributed by atoms with E-state index in [1.165, 1.54) is 41.3 Å². The van der Waals surface area contributed by atoms with Gasteiger partial charge in [0.1, 0.15) is 5.82 Å². The number of allylic oxidation sites excluding steroid dienone is 1. The number of aryl methyl sites for hydroxylation is 1. The third-order valence-corrected chi connectivity index (χ3v) is 5.75. The highest BCUT2D eigenvalue weighted by Crippen LogP contribution is 2.47. The molecule has 0 radical (unpaired) electrons. The van der Waals surface area contributed by atoms with Gasteiger partial charge >= 0.3 is 6.16 Å². The maximum absolute atomic E-state index is 10.6. The van der Waals surface area contributed by atoms with Crippen molar-refractivity contribution in [2.45, 2.75) is 65.2 Å². The van der Waals surface area contributed by atoms with Crippen LogP contribution >= 0.6 is 0 Å². The summed E-state index contributed by atoms with van der Waals surface area (Å²) in [6.45, 7) is 13.5. The molecule has 5 nitrogen and oxygen atoms in total. The summed E-state index contributed by atoms with van der Waals surface area (Å²) in [5.41, 5.74) is 6.71. The summed E-state index contributed by atoms with van der Waals surface area (Å²) >= 11 is 0. The van der Waals surface area contributed by atoms with Gasteiger partial charge in [0.15, 0.2) is 0 Å². The molecule has 0 atom stereocenters. The number of aromatic amines is 1. The lowest BCUT2D eigenvalue weighted by Gasteiger charge is -2.42. The highest BCUT2D eigenvalue weighted by molar-refractivity contribution is 5.80. The van der Waals surface area contributed by atoms with Crippen LogP contribution in [-0.2, 0) is 10.8 Å². The molecule has 27 heavy (non-hydrogen) atoms. The van der Waals surface area contributed by atoms with Crippen molar-refractivity contribution < 1.29 is 14.6 Å². The van der Waals surface area contributed by atoms with E-state index in [9.17, 15) is 4.79 Å². The molecule has 2 aromatic rings. The second-order valence-corrected chi connectivity index (χ2v) is 8.81. The standard InChI is InChI=1S/C22H28N2O3/c1-13-9-16-17(22(5,6)8-7-21(16,3)4)11-15(13)14(2)10-18-23-12-19(24-18)27-20(25)26/h9-12H,7-8H2,1-6H3,(H,23,24)(H,25,26)/b14-10+. The predicted molar refractivity (Wildman–Crippen MR) is 107 cm³/mol. The molecular weight excluding hydrogens is 340 g/mol. The molecule has 0 aliphatic heterocycles. The second kappa shape index (κ2) is 6.55. The molecule has 5 heteroatoms. The monoisotopic (exact) mass is 368 g/mol. The highest BCUT2D eigenvalue weighted by atomic mass is 16.7. The van der Waals surface area contributed by atoms with E-state index in [2.05, 4.69) is 68.4 Å². The van der Waals surface area contributed by atoms with Crippen molar-refractivity contribution in [2.24, 2.45) is 0 Å².